The Labute approximate surface area is 137 Å². The molecule has 0 N–H and O–H groups in total. The number of nitrogens with zero attached hydrogens (tertiary/aromatic N) is 1. The number of rotatable bonds is 8. The third-order valence-corrected chi connectivity index (χ3v) is 4.62. The summed E-state index contributed by atoms with van der Waals surface area (Å²) in [5.41, 5.74) is 0.496. The van der Waals surface area contributed by atoms with Crippen LogP contribution < -0.4 is 0 Å². The average molecular weight is 363 g/mol. The van der Waals surface area contributed by atoms with E-state index in [0.717, 1.165) is 18.1 Å². The first-order valence-corrected chi connectivity index (χ1v) is 10.7. The summed E-state index contributed by atoms with van der Waals surface area (Å²) < 4.78 is 54.5. The largest absolute Gasteiger partial charge is 0.298 e. The normalized spacial score (nSPS) is 18.5. The van der Waals surface area contributed by atoms with Crippen molar-refractivity contribution in [2.45, 2.75) is 6.54 Å². The van der Waals surface area contributed by atoms with Crippen LogP contribution in [0.3, 0.4) is 0 Å². The van der Waals surface area contributed by atoms with Gasteiger partial charge in [0.15, 0.2) is 0 Å². The number of hydrogen-bond donors (Lipinski definition) is 0. The smallest absolute Gasteiger partial charge is 0.264 e. The van der Waals surface area contributed by atoms with Gasteiger partial charge in [0.1, 0.15) is 0 Å². The standard InChI is InChI=1S/C14H21NO6S2/c1-22(16,17)20-11-14(12-21-23(2,18)19)9-15(10-14)8-13-6-4-3-5-7-13/h3-7H,8-12H2,1-2H3. The zero-order valence-corrected chi connectivity index (χ0v) is 14.8. The highest BCUT2D eigenvalue weighted by Gasteiger charge is 2.45. The molecule has 1 aromatic rings. The Bertz CT molecular complexity index is 686. The third kappa shape index (κ3) is 6.19. The molecule has 0 saturated carbocycles. The van der Waals surface area contributed by atoms with Crippen LogP contribution in [-0.2, 0) is 35.1 Å². The van der Waals surface area contributed by atoms with Gasteiger partial charge in [-0.25, -0.2) is 0 Å². The minimum atomic E-state index is -3.59. The van der Waals surface area contributed by atoms with Crippen LogP contribution in [0.15, 0.2) is 30.3 Å². The topological polar surface area (TPSA) is 90.0 Å². The van der Waals surface area contributed by atoms with Gasteiger partial charge >= 0.3 is 0 Å². The van der Waals surface area contributed by atoms with Gasteiger partial charge in [0, 0.05) is 25.0 Å². The first-order chi connectivity index (χ1) is 10.6. The summed E-state index contributed by atoms with van der Waals surface area (Å²) >= 11 is 0. The summed E-state index contributed by atoms with van der Waals surface area (Å²) in [6, 6.07) is 9.83. The molecule has 0 amide bonds. The average Bonchev–Trinajstić information content (AvgIpc) is 2.39. The molecule has 0 atom stereocenters. The van der Waals surface area contributed by atoms with E-state index in [0.29, 0.717) is 19.6 Å². The van der Waals surface area contributed by atoms with Crippen molar-refractivity contribution < 1.29 is 25.2 Å². The predicted molar refractivity (Wildman–Crippen MR) is 85.7 cm³/mol. The van der Waals surface area contributed by atoms with Crippen molar-refractivity contribution in [1.29, 1.82) is 0 Å². The van der Waals surface area contributed by atoms with Gasteiger partial charge in [0.2, 0.25) is 0 Å². The van der Waals surface area contributed by atoms with Crippen LogP contribution in [0.1, 0.15) is 5.56 Å². The minimum absolute atomic E-state index is 0.0906. The SMILES string of the molecule is CS(=O)(=O)OCC1(COS(C)(=O)=O)CN(Cc2ccccc2)C1. The van der Waals surface area contributed by atoms with Crippen LogP contribution in [0.4, 0.5) is 0 Å². The van der Waals surface area contributed by atoms with Crippen molar-refractivity contribution in [3.8, 4) is 0 Å². The lowest BCUT2D eigenvalue weighted by Crippen LogP contribution is -2.60. The fourth-order valence-corrected chi connectivity index (χ4v) is 3.47. The van der Waals surface area contributed by atoms with Gasteiger partial charge in [0.25, 0.3) is 20.2 Å². The first kappa shape index (κ1) is 18.3. The first-order valence-electron chi connectivity index (χ1n) is 7.02. The molecule has 1 aliphatic rings. The monoisotopic (exact) mass is 363 g/mol. The van der Waals surface area contributed by atoms with Crippen LogP contribution in [0.2, 0.25) is 0 Å². The van der Waals surface area contributed by atoms with Crippen LogP contribution in [-0.4, -0.2) is 60.6 Å². The van der Waals surface area contributed by atoms with Gasteiger partial charge in [-0.05, 0) is 5.56 Å². The number of likely N-dealkylation sites (tertiary alicyclic amines) is 1. The van der Waals surface area contributed by atoms with E-state index in [9.17, 15) is 16.8 Å². The molecule has 0 aliphatic carbocycles. The summed E-state index contributed by atoms with van der Waals surface area (Å²) in [6.07, 6.45) is 1.94. The highest BCUT2D eigenvalue weighted by atomic mass is 32.2. The van der Waals surface area contributed by atoms with Gasteiger partial charge in [-0.15, -0.1) is 0 Å². The van der Waals surface area contributed by atoms with Crippen LogP contribution in [0.25, 0.3) is 0 Å². The number of benzene rings is 1. The molecule has 0 spiro atoms. The second kappa shape index (κ2) is 6.86. The Morgan fingerprint density at radius 1 is 0.957 bits per heavy atom. The molecule has 1 heterocycles. The summed E-state index contributed by atoms with van der Waals surface area (Å²) in [4.78, 5) is 2.09. The second-order valence-corrected chi connectivity index (χ2v) is 9.35. The Hall–Kier alpha value is -1.00. The summed E-state index contributed by atoms with van der Waals surface area (Å²) in [5.74, 6) is 0. The van der Waals surface area contributed by atoms with E-state index in [2.05, 4.69) is 4.90 Å². The van der Waals surface area contributed by atoms with Crippen LogP contribution in [0, 0.1) is 5.41 Å². The molecular formula is C14H21NO6S2. The third-order valence-electron chi connectivity index (χ3n) is 3.53. The zero-order chi connectivity index (χ0) is 17.1. The van der Waals surface area contributed by atoms with E-state index in [1.165, 1.54) is 0 Å². The molecule has 0 radical (unpaired) electrons. The fourth-order valence-electron chi connectivity index (χ4n) is 2.54. The van der Waals surface area contributed by atoms with Crippen molar-refractivity contribution >= 4 is 20.2 Å². The molecule has 7 nitrogen and oxygen atoms in total. The van der Waals surface area contributed by atoms with Gasteiger partial charge in [0.05, 0.1) is 25.7 Å². The quantitative estimate of drug-likeness (QED) is 0.619. The molecule has 0 aromatic heterocycles. The number of hydrogen-bond acceptors (Lipinski definition) is 7. The van der Waals surface area contributed by atoms with E-state index in [1.54, 1.807) is 0 Å². The highest BCUT2D eigenvalue weighted by molar-refractivity contribution is 7.86. The Kier molecular flexibility index (Phi) is 5.47. The van der Waals surface area contributed by atoms with E-state index in [4.69, 9.17) is 8.37 Å². The molecular weight excluding hydrogens is 342 g/mol. The van der Waals surface area contributed by atoms with Gasteiger partial charge in [-0.2, -0.15) is 16.8 Å². The van der Waals surface area contributed by atoms with Crippen molar-refractivity contribution in [1.82, 2.24) is 4.90 Å². The van der Waals surface area contributed by atoms with Gasteiger partial charge < -0.3 is 0 Å². The molecule has 1 aromatic carbocycles. The minimum Gasteiger partial charge on any atom is -0.298 e. The van der Waals surface area contributed by atoms with Crippen molar-refractivity contribution in [3.63, 3.8) is 0 Å². The maximum absolute atomic E-state index is 11.2. The highest BCUT2D eigenvalue weighted by Crippen LogP contribution is 2.33. The van der Waals surface area contributed by atoms with Crippen LogP contribution >= 0.6 is 0 Å². The van der Waals surface area contributed by atoms with E-state index < -0.39 is 25.7 Å². The van der Waals surface area contributed by atoms with Crippen molar-refractivity contribution in [2.24, 2.45) is 5.41 Å². The Balaban J connectivity index is 1.97. The maximum Gasteiger partial charge on any atom is 0.264 e. The van der Waals surface area contributed by atoms with E-state index in [-0.39, 0.29) is 13.2 Å². The van der Waals surface area contributed by atoms with Crippen molar-refractivity contribution in [2.75, 3.05) is 38.8 Å². The van der Waals surface area contributed by atoms with Gasteiger partial charge in [-0.3, -0.25) is 13.3 Å². The Morgan fingerprint density at radius 3 is 1.87 bits per heavy atom. The zero-order valence-electron chi connectivity index (χ0n) is 13.1. The maximum atomic E-state index is 11.2. The fraction of sp³-hybridized carbons (Fsp3) is 0.571. The van der Waals surface area contributed by atoms with Crippen LogP contribution in [0.5, 0.6) is 0 Å². The predicted octanol–water partition coefficient (Wildman–Crippen LogP) is 0.441. The van der Waals surface area contributed by atoms with E-state index >= 15 is 0 Å². The summed E-state index contributed by atoms with van der Waals surface area (Å²) in [5, 5.41) is 0. The molecule has 130 valence electrons. The summed E-state index contributed by atoms with van der Waals surface area (Å²) in [7, 11) is -7.17. The molecule has 1 fully saturated rings. The summed E-state index contributed by atoms with van der Waals surface area (Å²) in [6.45, 7) is 1.54. The molecule has 2 rings (SSSR count). The van der Waals surface area contributed by atoms with E-state index in [1.807, 2.05) is 30.3 Å². The lowest BCUT2D eigenvalue weighted by Gasteiger charge is -2.49. The van der Waals surface area contributed by atoms with Gasteiger partial charge in [-0.1, -0.05) is 30.3 Å². The molecule has 23 heavy (non-hydrogen) atoms. The molecule has 1 aliphatic heterocycles. The lowest BCUT2D eigenvalue weighted by molar-refractivity contribution is -0.0633. The van der Waals surface area contributed by atoms with Crippen molar-refractivity contribution in [3.05, 3.63) is 35.9 Å². The second-order valence-electron chi connectivity index (χ2n) is 6.06. The molecule has 0 unspecified atom stereocenters. The molecule has 0 bridgehead atoms. The molecule has 1 saturated heterocycles. The molecule has 9 heteroatoms. The Morgan fingerprint density at radius 2 is 1.43 bits per heavy atom. The lowest BCUT2D eigenvalue weighted by atomic mass is 9.81.